The van der Waals surface area contributed by atoms with Crippen LogP contribution in [0.4, 0.5) is 0 Å². The van der Waals surface area contributed by atoms with E-state index >= 15 is 0 Å². The largest absolute Gasteiger partial charge is 0.458 e. The lowest BCUT2D eigenvalue weighted by Gasteiger charge is -2.73. The van der Waals surface area contributed by atoms with E-state index < -0.39 is 57.0 Å². The second-order valence-electron chi connectivity index (χ2n) is 10.7. The molecule has 0 aromatic carbocycles. The predicted molar refractivity (Wildman–Crippen MR) is 112 cm³/mol. The SMILES string of the molecule is CC(=O)O[C@@H]1[C@@H](OC(C)=O)C(C)(C)[C@H]2[C@@H]3[C@H](C)CC4(OCCO4)[C@H]2[C@]3(C)[C@@H]1OS(C)(=O)=O. The molecule has 0 aromatic rings. The lowest BCUT2D eigenvalue weighted by Crippen LogP contribution is -2.76. The maximum absolute atomic E-state index is 12.4. The van der Waals surface area contributed by atoms with Crippen LogP contribution in [0.25, 0.3) is 0 Å². The summed E-state index contributed by atoms with van der Waals surface area (Å²) >= 11 is 0. The van der Waals surface area contributed by atoms with Crippen molar-refractivity contribution in [2.45, 2.75) is 72.1 Å². The van der Waals surface area contributed by atoms with E-state index in [1.807, 2.05) is 20.8 Å². The molecule has 1 saturated heterocycles. The molecule has 10 heteroatoms. The van der Waals surface area contributed by atoms with E-state index in [9.17, 15) is 18.0 Å². The van der Waals surface area contributed by atoms with Crippen molar-refractivity contribution in [3.05, 3.63) is 0 Å². The van der Waals surface area contributed by atoms with Crippen LogP contribution in [0.5, 0.6) is 0 Å². The van der Waals surface area contributed by atoms with Gasteiger partial charge in [-0.15, -0.1) is 0 Å². The van der Waals surface area contributed by atoms with Gasteiger partial charge in [-0.2, -0.15) is 8.42 Å². The number of ether oxygens (including phenoxy) is 4. The molecule has 182 valence electrons. The van der Waals surface area contributed by atoms with Gasteiger partial charge in [-0.05, 0) is 17.8 Å². The van der Waals surface area contributed by atoms with Crippen LogP contribution in [0, 0.1) is 34.5 Å². The van der Waals surface area contributed by atoms with Crippen molar-refractivity contribution in [2.24, 2.45) is 34.5 Å². The van der Waals surface area contributed by atoms with Gasteiger partial charge in [0.25, 0.3) is 10.1 Å². The van der Waals surface area contributed by atoms with E-state index in [1.165, 1.54) is 13.8 Å². The number of hydrogen-bond acceptors (Lipinski definition) is 9. The fourth-order valence-electron chi connectivity index (χ4n) is 7.70. The zero-order chi connectivity index (χ0) is 23.9. The Bertz CT molecular complexity index is 906. The van der Waals surface area contributed by atoms with Crippen molar-refractivity contribution in [2.75, 3.05) is 19.5 Å². The first-order valence-electron chi connectivity index (χ1n) is 11.2. The molecule has 9 nitrogen and oxygen atoms in total. The first-order valence-corrected chi connectivity index (χ1v) is 13.0. The summed E-state index contributed by atoms with van der Waals surface area (Å²) in [5.74, 6) is -2.11. The minimum atomic E-state index is -3.94. The molecule has 32 heavy (non-hydrogen) atoms. The molecule has 1 aliphatic heterocycles. The summed E-state index contributed by atoms with van der Waals surface area (Å²) in [5, 5.41) is 0. The van der Waals surface area contributed by atoms with Crippen LogP contribution in [0.1, 0.15) is 48.0 Å². The molecule has 0 unspecified atom stereocenters. The minimum Gasteiger partial charge on any atom is -0.458 e. The van der Waals surface area contributed by atoms with Crippen molar-refractivity contribution in [3.63, 3.8) is 0 Å². The molecule has 4 bridgehead atoms. The Morgan fingerprint density at radius 1 is 0.938 bits per heavy atom. The second kappa shape index (κ2) is 7.38. The van der Waals surface area contributed by atoms with E-state index in [4.69, 9.17) is 23.1 Å². The Hall–Kier alpha value is -1.23. The number of esters is 2. The van der Waals surface area contributed by atoms with E-state index in [2.05, 4.69) is 6.92 Å². The van der Waals surface area contributed by atoms with Crippen LogP contribution in [-0.2, 0) is 42.8 Å². The average molecular weight is 475 g/mol. The van der Waals surface area contributed by atoms with Gasteiger partial charge in [0.1, 0.15) is 12.2 Å². The van der Waals surface area contributed by atoms with E-state index in [1.54, 1.807) is 0 Å². The quantitative estimate of drug-likeness (QED) is 0.445. The third-order valence-corrected chi connectivity index (χ3v) is 8.84. The molecule has 5 fully saturated rings. The summed E-state index contributed by atoms with van der Waals surface area (Å²) in [6, 6.07) is 0. The summed E-state index contributed by atoms with van der Waals surface area (Å²) in [4.78, 5) is 24.3. The molecular formula is C22H34O9S. The van der Waals surface area contributed by atoms with Gasteiger partial charge >= 0.3 is 11.9 Å². The average Bonchev–Trinajstić information content (AvgIpc) is 3.02. The number of rotatable bonds is 4. The van der Waals surface area contributed by atoms with Crippen LogP contribution in [0.3, 0.4) is 0 Å². The maximum atomic E-state index is 12.4. The van der Waals surface area contributed by atoms with Gasteiger partial charge in [-0.3, -0.25) is 13.8 Å². The first-order chi connectivity index (χ1) is 14.6. The molecule has 1 spiro atoms. The third kappa shape index (κ3) is 3.32. The first kappa shape index (κ1) is 23.9. The highest BCUT2D eigenvalue weighted by molar-refractivity contribution is 7.86. The van der Waals surface area contributed by atoms with Crippen molar-refractivity contribution in [1.29, 1.82) is 0 Å². The van der Waals surface area contributed by atoms with E-state index in [0.717, 1.165) is 6.26 Å². The van der Waals surface area contributed by atoms with Crippen molar-refractivity contribution in [3.8, 4) is 0 Å². The van der Waals surface area contributed by atoms with Gasteiger partial charge in [0.2, 0.25) is 0 Å². The Morgan fingerprint density at radius 3 is 2.00 bits per heavy atom. The predicted octanol–water partition coefficient (Wildman–Crippen LogP) is 1.89. The van der Waals surface area contributed by atoms with Gasteiger partial charge in [-0.25, -0.2) is 0 Å². The van der Waals surface area contributed by atoms with Crippen LogP contribution in [0.15, 0.2) is 0 Å². The summed E-state index contributed by atoms with van der Waals surface area (Å²) in [6.45, 7) is 11.5. The number of carbonyl (C=O) groups is 2. The molecule has 4 aliphatic carbocycles. The Labute approximate surface area is 189 Å². The van der Waals surface area contributed by atoms with Crippen LogP contribution >= 0.6 is 0 Å². The summed E-state index contributed by atoms with van der Waals surface area (Å²) in [6.07, 6.45) is -1.41. The van der Waals surface area contributed by atoms with Crippen LogP contribution in [-0.4, -0.2) is 63.9 Å². The van der Waals surface area contributed by atoms with Crippen molar-refractivity contribution >= 4 is 22.1 Å². The molecule has 0 N–H and O–H groups in total. The molecular weight excluding hydrogens is 440 g/mol. The molecule has 8 atom stereocenters. The highest BCUT2D eigenvalue weighted by atomic mass is 32.2. The Kier molecular flexibility index (Phi) is 5.52. The third-order valence-electron chi connectivity index (χ3n) is 8.28. The number of hydrogen-bond donors (Lipinski definition) is 0. The fraction of sp³-hybridized carbons (Fsp3) is 0.909. The van der Waals surface area contributed by atoms with Gasteiger partial charge in [0, 0.05) is 37.0 Å². The van der Waals surface area contributed by atoms with E-state index in [0.29, 0.717) is 19.6 Å². The molecule has 4 saturated carbocycles. The molecule has 0 radical (unpaired) electrons. The smallest absolute Gasteiger partial charge is 0.303 e. The second-order valence-corrected chi connectivity index (χ2v) is 12.3. The van der Waals surface area contributed by atoms with E-state index in [-0.39, 0.29) is 23.7 Å². The maximum Gasteiger partial charge on any atom is 0.303 e. The van der Waals surface area contributed by atoms with Gasteiger partial charge in [0.15, 0.2) is 11.9 Å². The Balaban J connectivity index is 1.95. The van der Waals surface area contributed by atoms with Gasteiger partial charge in [-0.1, -0.05) is 27.7 Å². The zero-order valence-corrected chi connectivity index (χ0v) is 20.6. The zero-order valence-electron chi connectivity index (χ0n) is 19.7. The standard InChI is InChI=1S/C22H34O9S/c1-11-10-22(27-8-9-28-22)17-15-14(11)21(17,6)19(31-32(7,25)26)16(29-12(2)23)18(20(15,4)5)30-13(3)24/h11,14-19H,8-10H2,1-7H3/t11-,14+,15+,16-,17-,18-,19-,21-/m1/s1. The normalized spacial score (nSPS) is 43.8. The Morgan fingerprint density at radius 2 is 1.50 bits per heavy atom. The summed E-state index contributed by atoms with van der Waals surface area (Å²) in [5.41, 5.74) is -1.42. The number of fused-ring (bicyclic) bond motifs is 3. The molecule has 1 heterocycles. The molecule has 0 amide bonds. The summed E-state index contributed by atoms with van der Waals surface area (Å²) < 4.78 is 54.5. The highest BCUT2D eigenvalue weighted by Gasteiger charge is 2.82. The fourth-order valence-corrected chi connectivity index (χ4v) is 8.39. The molecule has 5 rings (SSSR count). The van der Waals surface area contributed by atoms with Gasteiger partial charge in [0.05, 0.1) is 19.5 Å². The lowest BCUT2D eigenvalue weighted by atomic mass is 9.34. The van der Waals surface area contributed by atoms with Crippen LogP contribution in [0.2, 0.25) is 0 Å². The summed E-state index contributed by atoms with van der Waals surface area (Å²) in [7, 11) is -3.94. The van der Waals surface area contributed by atoms with Crippen LogP contribution < -0.4 is 0 Å². The molecule has 0 aromatic heterocycles. The van der Waals surface area contributed by atoms with Crippen molar-refractivity contribution < 1.29 is 41.1 Å². The number of carbonyl (C=O) groups excluding carboxylic acids is 2. The van der Waals surface area contributed by atoms with Crippen molar-refractivity contribution in [1.82, 2.24) is 0 Å². The monoisotopic (exact) mass is 474 g/mol. The highest BCUT2D eigenvalue weighted by Crippen LogP contribution is 2.77. The van der Waals surface area contributed by atoms with Gasteiger partial charge < -0.3 is 18.9 Å². The minimum absolute atomic E-state index is 0.0232. The lowest BCUT2D eigenvalue weighted by molar-refractivity contribution is -0.372. The topological polar surface area (TPSA) is 114 Å². The molecule has 5 aliphatic rings.